The van der Waals surface area contributed by atoms with Gasteiger partial charge in [0.1, 0.15) is 17.0 Å². The van der Waals surface area contributed by atoms with Crippen molar-refractivity contribution in [3.8, 4) is 17.1 Å². The van der Waals surface area contributed by atoms with Gasteiger partial charge in [0.15, 0.2) is 0 Å². The second-order valence-electron chi connectivity index (χ2n) is 10.1. The van der Waals surface area contributed by atoms with E-state index in [9.17, 15) is 0 Å². The van der Waals surface area contributed by atoms with E-state index in [1.807, 2.05) is 12.1 Å². The fourth-order valence-corrected chi connectivity index (χ4v) is 5.29. The Balaban J connectivity index is 1.78. The molecule has 35 heavy (non-hydrogen) atoms. The zero-order valence-corrected chi connectivity index (χ0v) is 21.0. The molecule has 3 nitrogen and oxygen atoms in total. The molecular weight excluding hydrogens is 428 g/mol. The number of aryl methyl sites for hydroxylation is 1. The average molecular weight is 459 g/mol. The molecule has 6 aromatic rings. The van der Waals surface area contributed by atoms with Crippen molar-refractivity contribution in [1.29, 1.82) is 0 Å². The minimum absolute atomic E-state index is 0.376. The Kier molecular flexibility index (Phi) is 5.03. The van der Waals surface area contributed by atoms with Gasteiger partial charge < -0.3 is 4.42 Å². The van der Waals surface area contributed by atoms with Crippen LogP contribution >= 0.6 is 0 Å². The molecule has 4 aromatic carbocycles. The summed E-state index contributed by atoms with van der Waals surface area (Å²) in [5.41, 5.74) is 10.0. The molecule has 0 N–H and O–H groups in total. The average Bonchev–Trinajstić information content (AvgIpc) is 3.41. The van der Waals surface area contributed by atoms with Crippen LogP contribution in [0.15, 0.2) is 83.3 Å². The number of furan rings is 1. The van der Waals surface area contributed by atoms with Crippen LogP contribution in [0.25, 0.3) is 50.0 Å². The predicted octanol–water partition coefficient (Wildman–Crippen LogP) is 9.15. The molecule has 6 rings (SSSR count). The van der Waals surface area contributed by atoms with E-state index >= 15 is 0 Å². The fourth-order valence-electron chi connectivity index (χ4n) is 5.29. The number of imidazole rings is 1. The van der Waals surface area contributed by atoms with E-state index in [2.05, 4.69) is 106 Å². The van der Waals surface area contributed by atoms with Gasteiger partial charge in [0, 0.05) is 10.8 Å². The third kappa shape index (κ3) is 3.37. The number of rotatable bonds is 4. The van der Waals surface area contributed by atoms with Gasteiger partial charge in [-0.2, -0.15) is 0 Å². The van der Waals surface area contributed by atoms with Crippen molar-refractivity contribution in [2.75, 3.05) is 0 Å². The molecule has 0 aliphatic rings. The first-order chi connectivity index (χ1) is 16.9. The number of benzene rings is 4. The van der Waals surface area contributed by atoms with Crippen molar-refractivity contribution in [2.24, 2.45) is 0 Å². The summed E-state index contributed by atoms with van der Waals surface area (Å²) in [5.74, 6) is 1.67. The monoisotopic (exact) mass is 458 g/mol. The van der Waals surface area contributed by atoms with Gasteiger partial charge in [-0.1, -0.05) is 82.3 Å². The van der Waals surface area contributed by atoms with Gasteiger partial charge in [-0.15, -0.1) is 0 Å². The van der Waals surface area contributed by atoms with Crippen LogP contribution in [0.5, 0.6) is 0 Å². The summed E-state index contributed by atoms with van der Waals surface area (Å²) < 4.78 is 8.83. The minimum Gasteiger partial charge on any atom is -0.455 e. The quantitative estimate of drug-likeness (QED) is 0.264. The summed E-state index contributed by atoms with van der Waals surface area (Å²) in [5, 5.41) is 2.25. The van der Waals surface area contributed by atoms with Crippen molar-refractivity contribution < 1.29 is 4.42 Å². The van der Waals surface area contributed by atoms with Gasteiger partial charge in [0.2, 0.25) is 0 Å². The van der Waals surface area contributed by atoms with Gasteiger partial charge in [-0.05, 0) is 59.7 Å². The highest BCUT2D eigenvalue weighted by molar-refractivity contribution is 6.09. The van der Waals surface area contributed by atoms with Crippen LogP contribution in [-0.4, -0.2) is 9.55 Å². The standard InChI is InChI=1S/C32H30N2O/c1-19(2)22-11-8-12-23(20(3)4)30(22)34-28-18-21(5)16-17-27(28)33-32(34)26-14-9-13-25-24-10-6-7-15-29(24)35-31(25)26/h6-20H,1-5H3. The molecule has 0 saturated carbocycles. The maximum Gasteiger partial charge on any atom is 0.149 e. The molecule has 0 atom stereocenters. The normalized spacial score (nSPS) is 12.1. The van der Waals surface area contributed by atoms with Crippen molar-refractivity contribution in [2.45, 2.75) is 46.5 Å². The topological polar surface area (TPSA) is 31.0 Å². The van der Waals surface area contributed by atoms with Crippen molar-refractivity contribution >= 4 is 33.0 Å². The SMILES string of the molecule is Cc1ccc2nc(-c3cccc4c3oc3ccccc34)n(-c3c(C(C)C)cccc3C(C)C)c2c1. The molecule has 2 heterocycles. The largest absolute Gasteiger partial charge is 0.455 e. The molecule has 3 heteroatoms. The summed E-state index contributed by atoms with van der Waals surface area (Å²) in [7, 11) is 0. The van der Waals surface area contributed by atoms with Crippen molar-refractivity contribution in [3.63, 3.8) is 0 Å². The van der Waals surface area contributed by atoms with Gasteiger partial charge in [0.05, 0.1) is 22.3 Å². The van der Waals surface area contributed by atoms with Gasteiger partial charge in [-0.25, -0.2) is 4.98 Å². The molecule has 0 fully saturated rings. The van der Waals surface area contributed by atoms with E-state index in [0.29, 0.717) is 11.8 Å². The Morgan fingerprint density at radius 3 is 2.17 bits per heavy atom. The van der Waals surface area contributed by atoms with Crippen LogP contribution in [0.1, 0.15) is 56.2 Å². The summed E-state index contributed by atoms with van der Waals surface area (Å²) in [6.07, 6.45) is 0. The first kappa shape index (κ1) is 21.7. The van der Waals surface area contributed by atoms with E-state index in [0.717, 1.165) is 44.4 Å². The van der Waals surface area contributed by atoms with Gasteiger partial charge in [-0.3, -0.25) is 4.57 Å². The fraction of sp³-hybridized carbons (Fsp3) is 0.219. The molecule has 2 aromatic heterocycles. The summed E-state index contributed by atoms with van der Waals surface area (Å²) in [6, 6.07) is 27.9. The van der Waals surface area contributed by atoms with Crippen LogP contribution < -0.4 is 0 Å². The number of hydrogen-bond acceptors (Lipinski definition) is 2. The first-order valence-corrected chi connectivity index (χ1v) is 12.5. The highest BCUT2D eigenvalue weighted by Gasteiger charge is 2.24. The van der Waals surface area contributed by atoms with E-state index < -0.39 is 0 Å². The molecule has 0 spiro atoms. The third-order valence-electron chi connectivity index (χ3n) is 7.02. The van der Waals surface area contributed by atoms with Crippen LogP contribution in [0, 0.1) is 6.92 Å². The lowest BCUT2D eigenvalue weighted by Gasteiger charge is -2.22. The number of hydrogen-bond donors (Lipinski definition) is 0. The molecule has 0 saturated heterocycles. The van der Waals surface area contributed by atoms with Crippen molar-refractivity contribution in [3.05, 3.63) is 95.6 Å². The van der Waals surface area contributed by atoms with Crippen molar-refractivity contribution in [1.82, 2.24) is 9.55 Å². The number of fused-ring (bicyclic) bond motifs is 4. The molecule has 0 bridgehead atoms. The van der Waals surface area contributed by atoms with Crippen LogP contribution in [0.4, 0.5) is 0 Å². The summed E-state index contributed by atoms with van der Waals surface area (Å²) in [4.78, 5) is 5.22. The second-order valence-corrected chi connectivity index (χ2v) is 10.1. The molecule has 0 unspecified atom stereocenters. The maximum absolute atomic E-state index is 6.45. The minimum atomic E-state index is 0.376. The van der Waals surface area contributed by atoms with E-state index in [4.69, 9.17) is 9.40 Å². The summed E-state index contributed by atoms with van der Waals surface area (Å²) >= 11 is 0. The number of para-hydroxylation sites is 3. The Morgan fingerprint density at radius 2 is 1.43 bits per heavy atom. The molecule has 0 amide bonds. The maximum atomic E-state index is 6.45. The van der Waals surface area contributed by atoms with Gasteiger partial charge >= 0.3 is 0 Å². The molecule has 0 aliphatic heterocycles. The first-order valence-electron chi connectivity index (χ1n) is 12.5. The number of nitrogens with zero attached hydrogens (tertiary/aromatic N) is 2. The van der Waals surface area contributed by atoms with Crippen LogP contribution in [0.2, 0.25) is 0 Å². The zero-order valence-electron chi connectivity index (χ0n) is 21.0. The van der Waals surface area contributed by atoms with Crippen LogP contribution in [0.3, 0.4) is 0 Å². The summed E-state index contributed by atoms with van der Waals surface area (Å²) in [6.45, 7) is 11.2. The van der Waals surface area contributed by atoms with Crippen LogP contribution in [-0.2, 0) is 0 Å². The van der Waals surface area contributed by atoms with E-state index in [1.54, 1.807) is 0 Å². The lowest BCUT2D eigenvalue weighted by molar-refractivity contribution is 0.669. The Labute approximate surface area is 206 Å². The molecule has 174 valence electrons. The lowest BCUT2D eigenvalue weighted by Crippen LogP contribution is -2.08. The molecule has 0 radical (unpaired) electrons. The van der Waals surface area contributed by atoms with E-state index in [1.165, 1.54) is 22.4 Å². The van der Waals surface area contributed by atoms with E-state index in [-0.39, 0.29) is 0 Å². The highest BCUT2D eigenvalue weighted by atomic mass is 16.3. The predicted molar refractivity (Wildman–Crippen MR) is 147 cm³/mol. The Morgan fingerprint density at radius 1 is 0.743 bits per heavy atom. The Hall–Kier alpha value is -3.85. The molecule has 0 aliphatic carbocycles. The van der Waals surface area contributed by atoms with Gasteiger partial charge in [0.25, 0.3) is 0 Å². The number of aromatic nitrogens is 2. The zero-order chi connectivity index (χ0) is 24.3. The smallest absolute Gasteiger partial charge is 0.149 e. The Bertz CT molecular complexity index is 1690. The lowest BCUT2D eigenvalue weighted by atomic mass is 9.92. The highest BCUT2D eigenvalue weighted by Crippen LogP contribution is 2.40. The third-order valence-corrected chi connectivity index (χ3v) is 7.02. The molecular formula is C32H30N2O. The second kappa shape index (κ2) is 8.13.